The van der Waals surface area contributed by atoms with Gasteiger partial charge in [-0.1, -0.05) is 18.2 Å². The van der Waals surface area contributed by atoms with Gasteiger partial charge in [-0.05, 0) is 23.8 Å². The van der Waals surface area contributed by atoms with Crippen LogP contribution in [0.4, 0.5) is 42.1 Å². The summed E-state index contributed by atoms with van der Waals surface area (Å²) in [4.78, 5) is 11.1. The first-order valence-electron chi connectivity index (χ1n) is 8.47. The van der Waals surface area contributed by atoms with Crippen molar-refractivity contribution in [1.82, 2.24) is 0 Å². The summed E-state index contributed by atoms with van der Waals surface area (Å²) in [6.45, 7) is -1.48. The number of non-ortho nitro benzene ring substituents is 1. The molecular formula is C18H15F7N2O4. The van der Waals surface area contributed by atoms with Gasteiger partial charge in [-0.15, -0.1) is 0 Å². The van der Waals surface area contributed by atoms with Crippen molar-refractivity contribution in [1.29, 1.82) is 0 Å². The van der Waals surface area contributed by atoms with Crippen molar-refractivity contribution in [3.8, 4) is 5.75 Å². The van der Waals surface area contributed by atoms with E-state index in [4.69, 9.17) is 0 Å². The molecule has 0 bridgehead atoms. The quantitative estimate of drug-likeness (QED) is 0.335. The van der Waals surface area contributed by atoms with Crippen LogP contribution in [-0.2, 0) is 6.54 Å². The number of rotatable bonds is 9. The second kappa shape index (κ2) is 9.37. The fourth-order valence-corrected chi connectivity index (χ4v) is 2.51. The molecule has 0 spiro atoms. The van der Waals surface area contributed by atoms with E-state index in [2.05, 4.69) is 4.74 Å². The van der Waals surface area contributed by atoms with Crippen molar-refractivity contribution in [3.05, 3.63) is 64.2 Å². The molecule has 1 unspecified atom stereocenters. The summed E-state index contributed by atoms with van der Waals surface area (Å²) in [6.07, 6.45) is -16.7. The minimum Gasteiger partial charge on any atom is -0.428 e. The molecule has 0 saturated carbocycles. The highest BCUT2D eigenvalue weighted by Gasteiger charge is 2.44. The third kappa shape index (κ3) is 6.70. The lowest BCUT2D eigenvalue weighted by Crippen LogP contribution is -2.41. The summed E-state index contributed by atoms with van der Waals surface area (Å²) >= 11 is 0. The maximum atomic E-state index is 13.1. The molecule has 13 heteroatoms. The summed E-state index contributed by atoms with van der Waals surface area (Å²) < 4.78 is 93.3. The van der Waals surface area contributed by atoms with Crippen molar-refractivity contribution in [2.24, 2.45) is 0 Å². The largest absolute Gasteiger partial charge is 0.461 e. The summed E-state index contributed by atoms with van der Waals surface area (Å²) in [5.41, 5.74) is -0.442. The Kier molecular flexibility index (Phi) is 7.31. The Morgan fingerprint density at radius 3 is 2.29 bits per heavy atom. The number of hydrogen-bond donors (Lipinski definition) is 1. The number of halogens is 7. The van der Waals surface area contributed by atoms with Crippen LogP contribution >= 0.6 is 0 Å². The van der Waals surface area contributed by atoms with Crippen LogP contribution in [0.5, 0.6) is 5.75 Å². The van der Waals surface area contributed by atoms with E-state index in [1.54, 1.807) is 0 Å². The van der Waals surface area contributed by atoms with Crippen molar-refractivity contribution >= 4 is 11.4 Å². The molecule has 0 amide bonds. The first-order valence-corrected chi connectivity index (χ1v) is 8.47. The first-order chi connectivity index (χ1) is 14.3. The van der Waals surface area contributed by atoms with E-state index in [9.17, 15) is 46.0 Å². The molecule has 0 aliphatic carbocycles. The Labute approximate surface area is 170 Å². The molecular weight excluding hydrogens is 441 g/mol. The normalized spacial score (nSPS) is 13.2. The van der Waals surface area contributed by atoms with Crippen LogP contribution in [0.2, 0.25) is 0 Å². The number of aliphatic hydroxyl groups excluding tert-OH is 1. The standard InChI is InChI=1S/C18H15F7N2O4/c19-16(20)18(24,25)31-14-6-1-3-11(7-14)9-26(10-15(28)17(21,22)23)12-4-2-5-13(8-12)27(29)30/h1-8,15-16,28H,9-10H2. The van der Waals surface area contributed by atoms with Crippen LogP contribution in [0.1, 0.15) is 5.56 Å². The van der Waals surface area contributed by atoms with Crippen LogP contribution in [0.25, 0.3) is 0 Å². The highest BCUT2D eigenvalue weighted by atomic mass is 19.4. The van der Waals surface area contributed by atoms with Crippen molar-refractivity contribution in [2.75, 3.05) is 11.4 Å². The summed E-state index contributed by atoms with van der Waals surface area (Å²) in [5.74, 6) is -0.668. The maximum Gasteiger partial charge on any atom is 0.461 e. The minimum absolute atomic E-state index is 0.0587. The molecule has 0 heterocycles. The monoisotopic (exact) mass is 456 g/mol. The zero-order valence-electron chi connectivity index (χ0n) is 15.4. The number of nitro groups is 1. The fourth-order valence-electron chi connectivity index (χ4n) is 2.51. The minimum atomic E-state index is -5.00. The van der Waals surface area contributed by atoms with E-state index in [1.807, 2.05) is 0 Å². The van der Waals surface area contributed by atoms with Crippen molar-refractivity contribution in [2.45, 2.75) is 31.4 Å². The lowest BCUT2D eigenvalue weighted by molar-refractivity contribution is -0.384. The van der Waals surface area contributed by atoms with Gasteiger partial charge < -0.3 is 14.7 Å². The number of ether oxygens (including phenoxy) is 1. The second-order valence-corrected chi connectivity index (χ2v) is 6.33. The molecule has 0 radical (unpaired) electrons. The lowest BCUT2D eigenvalue weighted by atomic mass is 10.1. The zero-order chi connectivity index (χ0) is 23.4. The predicted octanol–water partition coefficient (Wildman–Crippen LogP) is 4.76. The van der Waals surface area contributed by atoms with Crippen LogP contribution in [0, 0.1) is 10.1 Å². The predicted molar refractivity (Wildman–Crippen MR) is 94.2 cm³/mol. The summed E-state index contributed by atoms with van der Waals surface area (Å²) in [6, 6.07) is 8.82. The van der Waals surface area contributed by atoms with Crippen molar-refractivity contribution in [3.63, 3.8) is 0 Å². The lowest BCUT2D eigenvalue weighted by Gasteiger charge is -2.28. The van der Waals surface area contributed by atoms with Gasteiger partial charge in [0.05, 0.1) is 11.5 Å². The average Bonchev–Trinajstić information content (AvgIpc) is 2.66. The van der Waals surface area contributed by atoms with Gasteiger partial charge in [0.2, 0.25) is 0 Å². The van der Waals surface area contributed by atoms with Gasteiger partial charge in [0.15, 0.2) is 6.10 Å². The molecule has 1 N–H and O–H groups in total. The Morgan fingerprint density at radius 1 is 1.06 bits per heavy atom. The molecule has 0 aromatic heterocycles. The molecule has 0 aliphatic rings. The molecule has 0 fully saturated rings. The Hall–Kier alpha value is -3.09. The number of hydrogen-bond acceptors (Lipinski definition) is 5. The van der Waals surface area contributed by atoms with Gasteiger partial charge >= 0.3 is 18.7 Å². The summed E-state index contributed by atoms with van der Waals surface area (Å²) in [5, 5.41) is 20.4. The van der Waals surface area contributed by atoms with Gasteiger partial charge in [-0.2, -0.15) is 30.7 Å². The van der Waals surface area contributed by atoms with Crippen LogP contribution in [0.15, 0.2) is 48.5 Å². The first kappa shape index (κ1) is 24.2. The van der Waals surface area contributed by atoms with E-state index in [0.29, 0.717) is 0 Å². The summed E-state index contributed by atoms with van der Waals surface area (Å²) in [7, 11) is 0. The molecule has 0 saturated heterocycles. The third-order valence-corrected chi connectivity index (χ3v) is 3.96. The van der Waals surface area contributed by atoms with Crippen LogP contribution in [-0.4, -0.2) is 41.4 Å². The number of nitrogens with zero attached hydrogens (tertiary/aromatic N) is 2. The third-order valence-electron chi connectivity index (χ3n) is 3.96. The number of benzene rings is 2. The molecule has 2 aromatic rings. The molecule has 2 aromatic carbocycles. The number of alkyl halides is 7. The molecule has 170 valence electrons. The van der Waals surface area contributed by atoms with E-state index in [1.165, 1.54) is 18.2 Å². The van der Waals surface area contributed by atoms with Gasteiger partial charge in [0.25, 0.3) is 5.69 Å². The maximum absolute atomic E-state index is 13.1. The van der Waals surface area contributed by atoms with Crippen LogP contribution in [0.3, 0.4) is 0 Å². The van der Waals surface area contributed by atoms with Crippen molar-refractivity contribution < 1.29 is 45.5 Å². The highest BCUT2D eigenvalue weighted by molar-refractivity contribution is 5.54. The van der Waals surface area contributed by atoms with E-state index >= 15 is 0 Å². The van der Waals surface area contributed by atoms with E-state index < -0.39 is 54.3 Å². The number of anilines is 1. The molecule has 2 rings (SSSR count). The molecule has 6 nitrogen and oxygen atoms in total. The molecule has 0 aliphatic heterocycles. The average molecular weight is 456 g/mol. The Morgan fingerprint density at radius 2 is 1.71 bits per heavy atom. The van der Waals surface area contributed by atoms with E-state index in [0.717, 1.165) is 35.2 Å². The molecule has 31 heavy (non-hydrogen) atoms. The number of aliphatic hydroxyl groups is 1. The molecule has 1 atom stereocenters. The topological polar surface area (TPSA) is 75.8 Å². The van der Waals surface area contributed by atoms with Gasteiger partial charge in [0.1, 0.15) is 5.75 Å². The van der Waals surface area contributed by atoms with Gasteiger partial charge in [-0.3, -0.25) is 10.1 Å². The van der Waals surface area contributed by atoms with E-state index in [-0.39, 0.29) is 11.3 Å². The highest BCUT2D eigenvalue weighted by Crippen LogP contribution is 2.30. The number of nitro benzene ring substituents is 1. The van der Waals surface area contributed by atoms with Crippen LogP contribution < -0.4 is 9.64 Å². The van der Waals surface area contributed by atoms with Gasteiger partial charge in [0, 0.05) is 24.4 Å². The zero-order valence-corrected chi connectivity index (χ0v) is 15.4. The smallest absolute Gasteiger partial charge is 0.428 e. The Balaban J connectivity index is 2.34. The SMILES string of the molecule is O=[N+]([O-])c1cccc(N(Cc2cccc(OC(F)(F)C(F)F)c2)CC(O)C(F)(F)F)c1. The fraction of sp³-hybridized carbons (Fsp3) is 0.333. The Bertz CT molecular complexity index is 908. The van der Waals surface area contributed by atoms with Gasteiger partial charge in [-0.25, -0.2) is 0 Å². The second-order valence-electron chi connectivity index (χ2n) is 6.33.